The standard InChI is InChI=1S/C16H12F2N4O3/c1-25-16(24)14(10-6-5-9(17)7-11(10)18)20-15(23)12-3-2-4-13-21-19-8-22(12)13/h2-8,14H,1H3,(H,20,23). The third-order valence-corrected chi connectivity index (χ3v) is 3.55. The van der Waals surface area contributed by atoms with Crippen molar-refractivity contribution >= 4 is 17.5 Å². The summed E-state index contributed by atoms with van der Waals surface area (Å²) >= 11 is 0. The van der Waals surface area contributed by atoms with E-state index in [4.69, 9.17) is 0 Å². The van der Waals surface area contributed by atoms with Gasteiger partial charge < -0.3 is 10.1 Å². The van der Waals surface area contributed by atoms with E-state index in [2.05, 4.69) is 20.3 Å². The van der Waals surface area contributed by atoms with Crippen LogP contribution in [0.3, 0.4) is 0 Å². The third kappa shape index (κ3) is 3.16. The number of methoxy groups -OCH3 is 1. The summed E-state index contributed by atoms with van der Waals surface area (Å²) in [7, 11) is 1.10. The Bertz CT molecular complexity index is 957. The first-order valence-electron chi connectivity index (χ1n) is 7.13. The van der Waals surface area contributed by atoms with Gasteiger partial charge in [0.1, 0.15) is 23.7 Å². The van der Waals surface area contributed by atoms with Crippen LogP contribution < -0.4 is 5.32 Å². The van der Waals surface area contributed by atoms with E-state index >= 15 is 0 Å². The minimum Gasteiger partial charge on any atom is -0.467 e. The quantitative estimate of drug-likeness (QED) is 0.726. The van der Waals surface area contributed by atoms with E-state index in [1.165, 1.54) is 16.8 Å². The molecule has 25 heavy (non-hydrogen) atoms. The number of fused-ring (bicyclic) bond motifs is 1. The highest BCUT2D eigenvalue weighted by Gasteiger charge is 2.27. The van der Waals surface area contributed by atoms with Crippen LogP contribution in [0.2, 0.25) is 0 Å². The molecule has 0 saturated carbocycles. The Morgan fingerprint density at radius 1 is 1.24 bits per heavy atom. The number of nitrogens with zero attached hydrogens (tertiary/aromatic N) is 3. The van der Waals surface area contributed by atoms with E-state index in [-0.39, 0.29) is 11.3 Å². The van der Waals surface area contributed by atoms with Gasteiger partial charge in [-0.2, -0.15) is 0 Å². The van der Waals surface area contributed by atoms with Crippen LogP contribution in [0.25, 0.3) is 5.65 Å². The fraction of sp³-hybridized carbons (Fsp3) is 0.125. The van der Waals surface area contributed by atoms with Crippen molar-refractivity contribution in [1.82, 2.24) is 19.9 Å². The number of hydrogen-bond acceptors (Lipinski definition) is 5. The molecule has 0 saturated heterocycles. The molecule has 0 fully saturated rings. The van der Waals surface area contributed by atoms with E-state index in [0.29, 0.717) is 11.7 Å². The van der Waals surface area contributed by atoms with Crippen LogP contribution in [0.1, 0.15) is 22.1 Å². The minimum absolute atomic E-state index is 0.138. The maximum absolute atomic E-state index is 14.0. The molecule has 1 amide bonds. The molecule has 2 heterocycles. The first-order chi connectivity index (χ1) is 12.0. The second kappa shape index (κ2) is 6.63. The molecule has 7 nitrogen and oxygen atoms in total. The number of amides is 1. The zero-order chi connectivity index (χ0) is 18.0. The van der Waals surface area contributed by atoms with Gasteiger partial charge in [0.15, 0.2) is 11.7 Å². The number of ether oxygens (including phenoxy) is 1. The number of hydrogen-bond donors (Lipinski definition) is 1. The Balaban J connectivity index is 1.97. The van der Waals surface area contributed by atoms with Crippen molar-refractivity contribution < 1.29 is 23.1 Å². The molecule has 3 rings (SSSR count). The summed E-state index contributed by atoms with van der Waals surface area (Å²) < 4.78 is 33.2. The number of rotatable bonds is 4. The van der Waals surface area contributed by atoms with Gasteiger partial charge in [0, 0.05) is 11.6 Å². The molecule has 2 aromatic heterocycles. The highest BCUT2D eigenvalue weighted by molar-refractivity contribution is 5.96. The lowest BCUT2D eigenvalue weighted by Crippen LogP contribution is -2.36. The lowest BCUT2D eigenvalue weighted by Gasteiger charge is -2.18. The molecule has 0 aliphatic carbocycles. The van der Waals surface area contributed by atoms with Crippen molar-refractivity contribution in [3.05, 3.63) is 65.6 Å². The minimum atomic E-state index is -1.44. The molecule has 1 aromatic carbocycles. The molecule has 0 aliphatic heterocycles. The number of halogens is 2. The molecule has 0 aliphatic rings. The average molecular weight is 346 g/mol. The van der Waals surface area contributed by atoms with Crippen LogP contribution >= 0.6 is 0 Å². The summed E-state index contributed by atoms with van der Waals surface area (Å²) in [5.41, 5.74) is 0.353. The average Bonchev–Trinajstić information content (AvgIpc) is 3.08. The second-order valence-corrected chi connectivity index (χ2v) is 5.07. The van der Waals surface area contributed by atoms with E-state index in [9.17, 15) is 18.4 Å². The van der Waals surface area contributed by atoms with E-state index in [0.717, 1.165) is 19.2 Å². The first-order valence-corrected chi connectivity index (χ1v) is 7.13. The monoisotopic (exact) mass is 346 g/mol. The smallest absolute Gasteiger partial charge is 0.333 e. The lowest BCUT2D eigenvalue weighted by atomic mass is 10.1. The largest absolute Gasteiger partial charge is 0.467 e. The number of benzene rings is 1. The second-order valence-electron chi connectivity index (χ2n) is 5.07. The van der Waals surface area contributed by atoms with Crippen LogP contribution in [0.5, 0.6) is 0 Å². The normalized spacial score (nSPS) is 12.0. The highest BCUT2D eigenvalue weighted by Crippen LogP contribution is 2.20. The molecule has 0 bridgehead atoms. The molecule has 0 radical (unpaired) electrons. The van der Waals surface area contributed by atoms with Crippen LogP contribution in [0.15, 0.2) is 42.7 Å². The fourth-order valence-corrected chi connectivity index (χ4v) is 2.36. The zero-order valence-corrected chi connectivity index (χ0v) is 12.9. The summed E-state index contributed by atoms with van der Waals surface area (Å²) in [6.45, 7) is 0. The maximum atomic E-state index is 14.0. The number of nitrogens with one attached hydrogen (secondary N) is 1. The summed E-state index contributed by atoms with van der Waals surface area (Å²) in [5.74, 6) is -3.34. The number of pyridine rings is 1. The van der Waals surface area contributed by atoms with Gasteiger partial charge in [-0.1, -0.05) is 12.1 Å². The summed E-state index contributed by atoms with van der Waals surface area (Å²) in [5, 5.41) is 9.90. The predicted octanol–water partition coefficient (Wildman–Crippen LogP) is 1.65. The maximum Gasteiger partial charge on any atom is 0.333 e. The van der Waals surface area contributed by atoms with Gasteiger partial charge in [-0.3, -0.25) is 9.20 Å². The number of esters is 1. The third-order valence-electron chi connectivity index (χ3n) is 3.55. The molecule has 9 heteroatoms. The SMILES string of the molecule is COC(=O)C(NC(=O)c1cccc2nncn12)c1ccc(F)cc1F. The molecule has 128 valence electrons. The van der Waals surface area contributed by atoms with Gasteiger partial charge in [-0.05, 0) is 18.2 Å². The molecule has 3 aromatic rings. The molecular weight excluding hydrogens is 334 g/mol. The van der Waals surface area contributed by atoms with Crippen LogP contribution in [0, 0.1) is 11.6 Å². The topological polar surface area (TPSA) is 85.6 Å². The summed E-state index contributed by atoms with van der Waals surface area (Å²) in [4.78, 5) is 24.5. The molecule has 1 unspecified atom stereocenters. The Labute approximate surface area is 140 Å². The van der Waals surface area contributed by atoms with Crippen LogP contribution in [-0.4, -0.2) is 33.6 Å². The van der Waals surface area contributed by atoms with Gasteiger partial charge in [0.25, 0.3) is 5.91 Å². The summed E-state index contributed by atoms with van der Waals surface area (Å²) in [6, 6.07) is 5.96. The number of carbonyl (C=O) groups excluding carboxylic acids is 2. The molecular formula is C16H12F2N4O3. The fourth-order valence-electron chi connectivity index (χ4n) is 2.36. The van der Waals surface area contributed by atoms with Crippen LogP contribution in [0.4, 0.5) is 8.78 Å². The van der Waals surface area contributed by atoms with E-state index in [1.807, 2.05) is 0 Å². The van der Waals surface area contributed by atoms with Gasteiger partial charge in [0.2, 0.25) is 0 Å². The van der Waals surface area contributed by atoms with Crippen molar-refractivity contribution in [2.45, 2.75) is 6.04 Å². The van der Waals surface area contributed by atoms with Gasteiger partial charge >= 0.3 is 5.97 Å². The molecule has 1 N–H and O–H groups in total. The van der Waals surface area contributed by atoms with Crippen molar-refractivity contribution in [3.8, 4) is 0 Å². The number of aromatic nitrogens is 3. The summed E-state index contributed by atoms with van der Waals surface area (Å²) in [6.07, 6.45) is 1.33. The molecule has 0 spiro atoms. The zero-order valence-electron chi connectivity index (χ0n) is 12.9. The van der Waals surface area contributed by atoms with Crippen molar-refractivity contribution in [2.24, 2.45) is 0 Å². The van der Waals surface area contributed by atoms with E-state index in [1.54, 1.807) is 12.1 Å². The van der Waals surface area contributed by atoms with Gasteiger partial charge in [-0.15, -0.1) is 10.2 Å². The van der Waals surface area contributed by atoms with Crippen LogP contribution in [-0.2, 0) is 9.53 Å². The Morgan fingerprint density at radius 2 is 2.04 bits per heavy atom. The Kier molecular flexibility index (Phi) is 4.38. The van der Waals surface area contributed by atoms with Crippen molar-refractivity contribution in [2.75, 3.05) is 7.11 Å². The number of carbonyl (C=O) groups is 2. The van der Waals surface area contributed by atoms with Crippen molar-refractivity contribution in [3.63, 3.8) is 0 Å². The predicted molar refractivity (Wildman–Crippen MR) is 81.6 cm³/mol. The Morgan fingerprint density at radius 3 is 2.76 bits per heavy atom. The van der Waals surface area contributed by atoms with E-state index < -0.39 is 29.6 Å². The highest BCUT2D eigenvalue weighted by atomic mass is 19.1. The van der Waals surface area contributed by atoms with Gasteiger partial charge in [-0.25, -0.2) is 13.6 Å². The van der Waals surface area contributed by atoms with Gasteiger partial charge in [0.05, 0.1) is 7.11 Å². The molecule has 1 atom stereocenters. The first kappa shape index (κ1) is 16.5. The Hall–Kier alpha value is -3.36. The lowest BCUT2D eigenvalue weighted by molar-refractivity contribution is -0.143. The van der Waals surface area contributed by atoms with Crippen molar-refractivity contribution in [1.29, 1.82) is 0 Å².